The van der Waals surface area contributed by atoms with E-state index in [1.807, 2.05) is 0 Å². The minimum Gasteiger partial charge on any atom is -0.388 e. The molecule has 1 unspecified atom stereocenters. The summed E-state index contributed by atoms with van der Waals surface area (Å²) in [5.41, 5.74) is 4.97. The predicted molar refractivity (Wildman–Crippen MR) is 49.6 cm³/mol. The molecule has 1 aromatic carbocycles. The largest absolute Gasteiger partial charge is 0.388 e. The molecule has 0 aliphatic heterocycles. The van der Waals surface area contributed by atoms with Gasteiger partial charge in [0, 0.05) is 0 Å². The molecule has 0 fully saturated rings. The lowest BCUT2D eigenvalue weighted by atomic mass is 10.0. The van der Waals surface area contributed by atoms with Crippen LogP contribution in [0.5, 0.6) is 0 Å². The number of halogens is 2. The van der Waals surface area contributed by atoms with Gasteiger partial charge in [-0.25, -0.2) is 8.78 Å². The van der Waals surface area contributed by atoms with Gasteiger partial charge in [-0.05, 0) is 31.5 Å². The molecule has 14 heavy (non-hydrogen) atoms. The van der Waals surface area contributed by atoms with Crippen LogP contribution in [0.3, 0.4) is 0 Å². The lowest BCUT2D eigenvalue weighted by molar-refractivity contribution is 0.156. The Labute approximate surface area is 81.4 Å². The fraction of sp³-hybridized carbons (Fsp3) is 0.400. The summed E-state index contributed by atoms with van der Waals surface area (Å²) in [6.07, 6.45) is -0.303. The van der Waals surface area contributed by atoms with Gasteiger partial charge in [-0.15, -0.1) is 0 Å². The van der Waals surface area contributed by atoms with Gasteiger partial charge >= 0.3 is 0 Å². The second-order valence-electron chi connectivity index (χ2n) is 3.08. The number of aliphatic hydroxyl groups is 1. The third kappa shape index (κ3) is 2.49. The minimum atomic E-state index is -1.11. The van der Waals surface area contributed by atoms with Crippen LogP contribution in [-0.2, 0) is 0 Å². The standard InChI is InChI=1S/C10H13F2NO/c11-7-3-1-4-8(12)10(7)9(14)5-2-6-13/h1,3-4,9,14H,2,5-6,13H2. The Morgan fingerprint density at radius 3 is 2.36 bits per heavy atom. The fourth-order valence-electron chi connectivity index (χ4n) is 1.28. The van der Waals surface area contributed by atoms with Crippen molar-refractivity contribution in [1.82, 2.24) is 0 Å². The molecular weight excluding hydrogens is 188 g/mol. The first-order valence-electron chi connectivity index (χ1n) is 4.49. The molecule has 1 atom stereocenters. The molecule has 78 valence electrons. The highest BCUT2D eigenvalue weighted by Crippen LogP contribution is 2.23. The molecule has 0 aliphatic carbocycles. The van der Waals surface area contributed by atoms with Crippen molar-refractivity contribution < 1.29 is 13.9 Å². The topological polar surface area (TPSA) is 46.2 Å². The molecule has 0 aliphatic rings. The summed E-state index contributed by atoms with van der Waals surface area (Å²) in [5.74, 6) is -1.43. The van der Waals surface area contributed by atoms with Crippen LogP contribution in [0.2, 0.25) is 0 Å². The highest BCUT2D eigenvalue weighted by atomic mass is 19.1. The average molecular weight is 201 g/mol. The summed E-state index contributed by atoms with van der Waals surface area (Å²) in [6, 6.07) is 3.53. The third-order valence-corrected chi connectivity index (χ3v) is 2.01. The van der Waals surface area contributed by atoms with Crippen LogP contribution in [0.4, 0.5) is 8.78 Å². The van der Waals surface area contributed by atoms with E-state index < -0.39 is 17.7 Å². The fourth-order valence-corrected chi connectivity index (χ4v) is 1.28. The number of rotatable bonds is 4. The van der Waals surface area contributed by atoms with E-state index in [4.69, 9.17) is 5.73 Å². The molecule has 1 rings (SSSR count). The van der Waals surface area contributed by atoms with E-state index >= 15 is 0 Å². The first-order valence-corrected chi connectivity index (χ1v) is 4.49. The Morgan fingerprint density at radius 2 is 1.86 bits per heavy atom. The number of nitrogens with two attached hydrogens (primary N) is 1. The number of benzene rings is 1. The molecule has 0 aromatic heterocycles. The average Bonchev–Trinajstić information content (AvgIpc) is 2.14. The normalized spacial score (nSPS) is 12.9. The first kappa shape index (κ1) is 11.1. The summed E-state index contributed by atoms with van der Waals surface area (Å²) < 4.78 is 26.2. The van der Waals surface area contributed by atoms with Crippen molar-refractivity contribution in [3.8, 4) is 0 Å². The maximum absolute atomic E-state index is 13.1. The second-order valence-corrected chi connectivity index (χ2v) is 3.08. The number of aliphatic hydroxyl groups excluding tert-OH is 1. The number of hydrogen-bond donors (Lipinski definition) is 2. The van der Waals surface area contributed by atoms with E-state index in [-0.39, 0.29) is 12.0 Å². The zero-order chi connectivity index (χ0) is 10.6. The van der Waals surface area contributed by atoms with E-state index in [1.54, 1.807) is 0 Å². The Balaban J connectivity index is 2.82. The Kier molecular flexibility index (Phi) is 3.98. The van der Waals surface area contributed by atoms with Crippen LogP contribution in [-0.4, -0.2) is 11.7 Å². The molecule has 0 radical (unpaired) electrons. The highest BCUT2D eigenvalue weighted by Gasteiger charge is 2.16. The van der Waals surface area contributed by atoms with E-state index in [1.165, 1.54) is 6.07 Å². The Hall–Kier alpha value is -1.00. The van der Waals surface area contributed by atoms with Crippen molar-refractivity contribution in [2.24, 2.45) is 5.73 Å². The quantitative estimate of drug-likeness (QED) is 0.779. The monoisotopic (exact) mass is 201 g/mol. The lowest BCUT2D eigenvalue weighted by Gasteiger charge is -2.11. The SMILES string of the molecule is NCCCC(O)c1c(F)cccc1F. The van der Waals surface area contributed by atoms with Gasteiger partial charge in [-0.1, -0.05) is 6.07 Å². The van der Waals surface area contributed by atoms with Gasteiger partial charge in [-0.2, -0.15) is 0 Å². The van der Waals surface area contributed by atoms with Crippen molar-refractivity contribution in [3.63, 3.8) is 0 Å². The van der Waals surface area contributed by atoms with Crippen molar-refractivity contribution >= 4 is 0 Å². The first-order chi connectivity index (χ1) is 6.66. The van der Waals surface area contributed by atoms with Gasteiger partial charge in [-0.3, -0.25) is 0 Å². The lowest BCUT2D eigenvalue weighted by Crippen LogP contribution is -2.07. The van der Waals surface area contributed by atoms with Gasteiger partial charge in [0.2, 0.25) is 0 Å². The maximum Gasteiger partial charge on any atom is 0.131 e. The molecular formula is C10H13F2NO. The van der Waals surface area contributed by atoms with E-state index in [0.717, 1.165) is 12.1 Å². The van der Waals surface area contributed by atoms with Gasteiger partial charge in [0.15, 0.2) is 0 Å². The summed E-state index contributed by atoms with van der Waals surface area (Å²) in [7, 11) is 0. The molecule has 0 amide bonds. The minimum absolute atomic E-state index is 0.263. The molecule has 0 spiro atoms. The van der Waals surface area contributed by atoms with Crippen molar-refractivity contribution in [1.29, 1.82) is 0 Å². The molecule has 1 aromatic rings. The zero-order valence-electron chi connectivity index (χ0n) is 7.71. The van der Waals surface area contributed by atoms with Crippen molar-refractivity contribution in [2.75, 3.05) is 6.54 Å². The molecule has 2 nitrogen and oxygen atoms in total. The van der Waals surface area contributed by atoms with Gasteiger partial charge in [0.25, 0.3) is 0 Å². The Bertz CT molecular complexity index is 284. The number of hydrogen-bond acceptors (Lipinski definition) is 2. The van der Waals surface area contributed by atoms with E-state index in [2.05, 4.69) is 0 Å². The van der Waals surface area contributed by atoms with Crippen LogP contribution in [0.15, 0.2) is 18.2 Å². The van der Waals surface area contributed by atoms with Crippen molar-refractivity contribution in [2.45, 2.75) is 18.9 Å². The van der Waals surface area contributed by atoms with Crippen molar-refractivity contribution in [3.05, 3.63) is 35.4 Å². The van der Waals surface area contributed by atoms with E-state index in [9.17, 15) is 13.9 Å². The van der Waals surface area contributed by atoms with Gasteiger partial charge in [0.05, 0.1) is 11.7 Å². The maximum atomic E-state index is 13.1. The van der Waals surface area contributed by atoms with Crippen LogP contribution in [0.25, 0.3) is 0 Å². The predicted octanol–water partition coefficient (Wildman–Crippen LogP) is 1.74. The molecule has 0 saturated carbocycles. The smallest absolute Gasteiger partial charge is 0.131 e. The summed E-state index contributed by atoms with van der Waals surface area (Å²) in [6.45, 7) is 0.396. The molecule has 4 heteroatoms. The van der Waals surface area contributed by atoms with Crippen LogP contribution < -0.4 is 5.73 Å². The Morgan fingerprint density at radius 1 is 1.29 bits per heavy atom. The molecule has 3 N–H and O–H groups in total. The van der Waals surface area contributed by atoms with Crippen LogP contribution in [0.1, 0.15) is 24.5 Å². The van der Waals surface area contributed by atoms with Gasteiger partial charge in [0.1, 0.15) is 11.6 Å². The zero-order valence-corrected chi connectivity index (χ0v) is 7.71. The summed E-state index contributed by atoms with van der Waals surface area (Å²) in [4.78, 5) is 0. The van der Waals surface area contributed by atoms with E-state index in [0.29, 0.717) is 13.0 Å². The molecule has 0 heterocycles. The highest BCUT2D eigenvalue weighted by molar-refractivity contribution is 5.21. The third-order valence-electron chi connectivity index (χ3n) is 2.01. The summed E-state index contributed by atoms with van der Waals surface area (Å²) >= 11 is 0. The molecule has 0 bridgehead atoms. The van der Waals surface area contributed by atoms with Crippen LogP contribution >= 0.6 is 0 Å². The second kappa shape index (κ2) is 5.02. The summed E-state index contributed by atoms with van der Waals surface area (Å²) in [5, 5.41) is 9.48. The van der Waals surface area contributed by atoms with Gasteiger partial charge < -0.3 is 10.8 Å². The molecule has 0 saturated heterocycles. The van der Waals surface area contributed by atoms with Crippen LogP contribution in [0, 0.1) is 11.6 Å².